The normalized spacial score (nSPS) is 21.2. The van der Waals surface area contributed by atoms with Gasteiger partial charge in [0.05, 0.1) is 0 Å². The van der Waals surface area contributed by atoms with E-state index in [0.717, 1.165) is 68.3 Å². The lowest BCUT2D eigenvalue weighted by Crippen LogP contribution is -2.33. The predicted octanol–water partition coefficient (Wildman–Crippen LogP) is 3.67. The number of nitrogens with zero attached hydrogens (tertiary/aromatic N) is 4. The van der Waals surface area contributed by atoms with Crippen LogP contribution in [0.5, 0.6) is 0 Å². The molecule has 0 bridgehead atoms. The highest BCUT2D eigenvalue weighted by Gasteiger charge is 2.31. The Morgan fingerprint density at radius 3 is 2.84 bits per heavy atom. The van der Waals surface area contributed by atoms with Crippen LogP contribution in [-0.2, 0) is 19.4 Å². The molecule has 2 aliphatic rings. The van der Waals surface area contributed by atoms with E-state index >= 15 is 0 Å². The summed E-state index contributed by atoms with van der Waals surface area (Å²) in [7, 11) is 0. The van der Waals surface area contributed by atoms with Crippen molar-refractivity contribution >= 4 is 0 Å². The zero-order valence-corrected chi connectivity index (χ0v) is 15.6. The van der Waals surface area contributed by atoms with Crippen LogP contribution < -0.4 is 0 Å². The molecule has 0 unspecified atom stereocenters. The van der Waals surface area contributed by atoms with Crippen molar-refractivity contribution in [3.63, 3.8) is 0 Å². The molecule has 3 heterocycles. The van der Waals surface area contributed by atoms with Crippen LogP contribution in [0.25, 0.3) is 0 Å². The Balaban J connectivity index is 1.39. The lowest BCUT2D eigenvalue weighted by Gasteiger charge is -2.32. The van der Waals surface area contributed by atoms with Crippen LogP contribution in [0.4, 0.5) is 0 Å². The van der Waals surface area contributed by atoms with Crippen molar-refractivity contribution in [2.75, 3.05) is 13.1 Å². The van der Waals surface area contributed by atoms with E-state index in [4.69, 9.17) is 4.52 Å². The van der Waals surface area contributed by atoms with Crippen LogP contribution in [0.15, 0.2) is 16.8 Å². The molecule has 1 aliphatic heterocycles. The number of aromatic nitrogens is 3. The fourth-order valence-electron chi connectivity index (χ4n) is 4.15. The summed E-state index contributed by atoms with van der Waals surface area (Å²) < 4.78 is 5.63. The van der Waals surface area contributed by atoms with Crippen molar-refractivity contribution in [1.82, 2.24) is 20.0 Å². The third kappa shape index (κ3) is 3.61. The van der Waals surface area contributed by atoms with Crippen molar-refractivity contribution < 1.29 is 4.52 Å². The molecule has 2 aromatic rings. The van der Waals surface area contributed by atoms with Gasteiger partial charge in [0.25, 0.3) is 0 Å². The van der Waals surface area contributed by atoms with E-state index in [-0.39, 0.29) is 0 Å². The summed E-state index contributed by atoms with van der Waals surface area (Å²) in [5, 5.41) is 4.40. The molecule has 134 valence electrons. The van der Waals surface area contributed by atoms with Gasteiger partial charge in [-0.1, -0.05) is 19.0 Å². The second-order valence-electron chi connectivity index (χ2n) is 8.48. The van der Waals surface area contributed by atoms with Gasteiger partial charge in [-0.3, -0.25) is 4.90 Å². The quantitative estimate of drug-likeness (QED) is 0.853. The highest BCUT2D eigenvalue weighted by atomic mass is 16.5. The fraction of sp³-hybridized carbons (Fsp3) is 0.650. The van der Waals surface area contributed by atoms with Gasteiger partial charge < -0.3 is 4.52 Å². The van der Waals surface area contributed by atoms with E-state index in [1.54, 1.807) is 0 Å². The zero-order valence-electron chi connectivity index (χ0n) is 15.6. The van der Waals surface area contributed by atoms with Crippen LogP contribution in [0.2, 0.25) is 0 Å². The summed E-state index contributed by atoms with van der Waals surface area (Å²) in [5.41, 5.74) is 3.96. The molecule has 0 saturated carbocycles. The van der Waals surface area contributed by atoms with Gasteiger partial charge in [0.2, 0.25) is 0 Å². The van der Waals surface area contributed by atoms with Gasteiger partial charge in [-0.15, -0.1) is 0 Å². The van der Waals surface area contributed by atoms with Gasteiger partial charge in [-0.2, -0.15) is 0 Å². The highest BCUT2D eigenvalue weighted by Crippen LogP contribution is 2.37. The van der Waals surface area contributed by atoms with Crippen molar-refractivity contribution in [2.24, 2.45) is 5.41 Å². The summed E-state index contributed by atoms with van der Waals surface area (Å²) in [6.07, 6.45) is 7.44. The number of aryl methyl sites for hydroxylation is 2. The van der Waals surface area contributed by atoms with E-state index in [9.17, 15) is 0 Å². The minimum Gasteiger partial charge on any atom is -0.361 e. The summed E-state index contributed by atoms with van der Waals surface area (Å²) in [5.74, 6) is 2.62. The maximum absolute atomic E-state index is 5.63. The second-order valence-corrected chi connectivity index (χ2v) is 8.48. The lowest BCUT2D eigenvalue weighted by atomic mass is 9.76. The molecular weight excluding hydrogens is 312 g/mol. The van der Waals surface area contributed by atoms with Crippen LogP contribution in [0, 0.1) is 12.3 Å². The Kier molecular flexibility index (Phi) is 4.36. The van der Waals surface area contributed by atoms with Gasteiger partial charge >= 0.3 is 0 Å². The van der Waals surface area contributed by atoms with E-state index < -0.39 is 0 Å². The van der Waals surface area contributed by atoms with Gasteiger partial charge in [0.15, 0.2) is 0 Å². The van der Waals surface area contributed by atoms with Crippen molar-refractivity contribution in [2.45, 2.75) is 65.3 Å². The number of rotatable bonds is 3. The maximum Gasteiger partial charge on any atom is 0.140 e. The van der Waals surface area contributed by atoms with E-state index in [1.807, 2.05) is 19.2 Å². The zero-order chi connectivity index (χ0) is 17.4. The van der Waals surface area contributed by atoms with Gasteiger partial charge in [-0.25, -0.2) is 9.97 Å². The van der Waals surface area contributed by atoms with Gasteiger partial charge in [-0.05, 0) is 57.2 Å². The Bertz CT molecular complexity index is 744. The molecule has 5 heteroatoms. The summed E-state index contributed by atoms with van der Waals surface area (Å²) in [6.45, 7) is 9.80. The summed E-state index contributed by atoms with van der Waals surface area (Å²) in [6, 6.07) is 1.97. The third-order valence-corrected chi connectivity index (χ3v) is 5.77. The molecule has 0 radical (unpaired) electrons. The predicted molar refractivity (Wildman–Crippen MR) is 96.3 cm³/mol. The van der Waals surface area contributed by atoms with Crippen molar-refractivity contribution in [3.8, 4) is 0 Å². The largest absolute Gasteiger partial charge is 0.361 e. The second kappa shape index (κ2) is 6.52. The summed E-state index contributed by atoms with van der Waals surface area (Å²) >= 11 is 0. The molecule has 1 aliphatic carbocycles. The molecule has 0 atom stereocenters. The summed E-state index contributed by atoms with van der Waals surface area (Å²) in [4.78, 5) is 11.6. The number of likely N-dealkylation sites (tertiary alicyclic amines) is 1. The fourth-order valence-corrected chi connectivity index (χ4v) is 4.15. The Hall–Kier alpha value is -1.75. The first-order chi connectivity index (χ1) is 12.0. The number of piperidine rings is 1. The molecular formula is C20H28N4O. The van der Waals surface area contributed by atoms with Crippen LogP contribution in [0.1, 0.15) is 67.6 Å². The Morgan fingerprint density at radius 2 is 2.08 bits per heavy atom. The van der Waals surface area contributed by atoms with Gasteiger partial charge in [0.1, 0.15) is 17.3 Å². The standard InChI is InChI=1S/C20H28N4O/c1-14-5-9-21-19(22-14)15-6-10-24(11-7-15)13-17-16-12-20(2,3)8-4-18(16)25-23-17/h5,9,15H,4,6-8,10-13H2,1-3H3. The molecule has 1 fully saturated rings. The van der Waals surface area contributed by atoms with Crippen LogP contribution in [0.3, 0.4) is 0 Å². The molecule has 0 spiro atoms. The van der Waals surface area contributed by atoms with Crippen LogP contribution in [-0.4, -0.2) is 33.1 Å². The molecule has 0 amide bonds. The molecule has 25 heavy (non-hydrogen) atoms. The smallest absolute Gasteiger partial charge is 0.140 e. The van der Waals surface area contributed by atoms with E-state index in [0.29, 0.717) is 11.3 Å². The first-order valence-corrected chi connectivity index (χ1v) is 9.48. The first-order valence-electron chi connectivity index (χ1n) is 9.48. The maximum atomic E-state index is 5.63. The topological polar surface area (TPSA) is 55.1 Å². The van der Waals surface area contributed by atoms with E-state index in [2.05, 4.69) is 33.9 Å². The van der Waals surface area contributed by atoms with Gasteiger partial charge in [0, 0.05) is 36.3 Å². The van der Waals surface area contributed by atoms with Crippen LogP contribution >= 0.6 is 0 Å². The van der Waals surface area contributed by atoms with E-state index in [1.165, 1.54) is 12.0 Å². The first kappa shape index (κ1) is 16.7. The monoisotopic (exact) mass is 340 g/mol. The SMILES string of the molecule is Cc1ccnc(C2CCN(Cc3noc4c3CC(C)(C)CC4)CC2)n1. The average molecular weight is 340 g/mol. The minimum absolute atomic E-state index is 0.364. The van der Waals surface area contributed by atoms with Crippen molar-refractivity contribution in [1.29, 1.82) is 0 Å². The number of hydrogen-bond donors (Lipinski definition) is 0. The molecule has 1 saturated heterocycles. The number of hydrogen-bond acceptors (Lipinski definition) is 5. The van der Waals surface area contributed by atoms with Crippen molar-refractivity contribution in [3.05, 3.63) is 40.8 Å². The highest BCUT2D eigenvalue weighted by molar-refractivity contribution is 5.27. The molecule has 4 rings (SSSR count). The average Bonchev–Trinajstić information content (AvgIpc) is 2.96. The molecule has 0 N–H and O–H groups in total. The minimum atomic E-state index is 0.364. The lowest BCUT2D eigenvalue weighted by molar-refractivity contribution is 0.196. The Labute approximate surface area is 149 Å². The Morgan fingerprint density at radius 1 is 1.28 bits per heavy atom. The molecule has 2 aromatic heterocycles. The third-order valence-electron chi connectivity index (χ3n) is 5.77. The number of fused-ring (bicyclic) bond motifs is 1. The molecule has 5 nitrogen and oxygen atoms in total. The molecule has 0 aromatic carbocycles.